The Labute approximate surface area is 114 Å². The lowest BCUT2D eigenvalue weighted by atomic mass is 10.4. The molecule has 0 aromatic carbocycles. The van der Waals surface area contributed by atoms with E-state index < -0.39 is 5.97 Å². The van der Waals surface area contributed by atoms with Gasteiger partial charge in [-0.3, -0.25) is 0 Å². The Hall–Kier alpha value is -1.89. The molecule has 19 heavy (non-hydrogen) atoms. The van der Waals surface area contributed by atoms with Crippen LogP contribution in [-0.2, 0) is 17.7 Å². The van der Waals surface area contributed by atoms with Crippen LogP contribution in [0.15, 0.2) is 10.6 Å². The summed E-state index contributed by atoms with van der Waals surface area (Å²) in [5, 5.41) is 3.73. The highest BCUT2D eigenvalue weighted by atomic mass is 32.1. The van der Waals surface area contributed by atoms with Gasteiger partial charge in [0.2, 0.25) is 5.89 Å². The Bertz CT molecular complexity index is 577. The molecule has 6 nitrogen and oxygen atoms in total. The number of thiazole rings is 1. The lowest BCUT2D eigenvalue weighted by Crippen LogP contribution is -2.04. The molecule has 0 atom stereocenters. The molecule has 0 unspecified atom stereocenters. The number of carbonyl (C=O) groups is 1. The summed E-state index contributed by atoms with van der Waals surface area (Å²) in [6.45, 7) is 4.27. The molecule has 1 N–H and O–H groups in total. The van der Waals surface area contributed by atoms with Crippen molar-refractivity contribution < 1.29 is 13.9 Å². The fourth-order valence-electron chi connectivity index (χ4n) is 1.50. The molecule has 0 aliphatic heterocycles. The third kappa shape index (κ3) is 3.11. The van der Waals surface area contributed by atoms with Crippen molar-refractivity contribution in [1.29, 1.82) is 0 Å². The fourth-order valence-corrected chi connectivity index (χ4v) is 2.30. The molecule has 0 saturated heterocycles. The van der Waals surface area contributed by atoms with Gasteiger partial charge in [-0.05, 0) is 6.92 Å². The van der Waals surface area contributed by atoms with Crippen LogP contribution in [0.25, 0.3) is 0 Å². The molecule has 0 saturated carbocycles. The Morgan fingerprint density at radius 1 is 1.58 bits per heavy atom. The van der Waals surface area contributed by atoms with Crippen molar-refractivity contribution in [2.24, 2.45) is 0 Å². The standard InChI is InChI=1S/C12H15N3O3S/c1-4-8-5-13-9(18-8)6-14-12-15-10(7(2)19-12)11(16)17-3/h5H,4,6H2,1-3H3,(H,14,15). The number of aromatic nitrogens is 2. The van der Waals surface area contributed by atoms with Crippen LogP contribution in [0.4, 0.5) is 5.13 Å². The monoisotopic (exact) mass is 281 g/mol. The van der Waals surface area contributed by atoms with E-state index in [1.807, 2.05) is 13.8 Å². The molecule has 0 aliphatic carbocycles. The number of anilines is 1. The van der Waals surface area contributed by atoms with Gasteiger partial charge in [-0.25, -0.2) is 14.8 Å². The Balaban J connectivity index is 2.01. The summed E-state index contributed by atoms with van der Waals surface area (Å²) in [7, 11) is 1.34. The number of ether oxygens (including phenoxy) is 1. The highest BCUT2D eigenvalue weighted by Gasteiger charge is 2.15. The van der Waals surface area contributed by atoms with Crippen molar-refractivity contribution in [3.63, 3.8) is 0 Å². The largest absolute Gasteiger partial charge is 0.464 e. The molecule has 2 aromatic heterocycles. The molecule has 0 fully saturated rings. The summed E-state index contributed by atoms with van der Waals surface area (Å²) in [6.07, 6.45) is 2.53. The van der Waals surface area contributed by atoms with Crippen molar-refractivity contribution in [2.75, 3.05) is 12.4 Å². The summed E-state index contributed by atoms with van der Waals surface area (Å²) in [4.78, 5) is 20.6. The van der Waals surface area contributed by atoms with E-state index in [-0.39, 0.29) is 0 Å². The maximum Gasteiger partial charge on any atom is 0.357 e. The SMILES string of the molecule is CCc1cnc(CNc2nc(C(=O)OC)c(C)s2)o1. The minimum absolute atomic E-state index is 0.344. The topological polar surface area (TPSA) is 77.2 Å². The Morgan fingerprint density at radius 2 is 2.37 bits per heavy atom. The molecule has 0 spiro atoms. The highest BCUT2D eigenvalue weighted by molar-refractivity contribution is 7.15. The maximum atomic E-state index is 11.4. The van der Waals surface area contributed by atoms with E-state index in [0.29, 0.717) is 23.3 Å². The smallest absolute Gasteiger partial charge is 0.357 e. The first-order valence-corrected chi connectivity index (χ1v) is 6.68. The van der Waals surface area contributed by atoms with Crippen LogP contribution in [0.2, 0.25) is 0 Å². The Kier molecular flexibility index (Phi) is 4.16. The fraction of sp³-hybridized carbons (Fsp3) is 0.417. The Morgan fingerprint density at radius 3 is 3.00 bits per heavy atom. The van der Waals surface area contributed by atoms with Crippen molar-refractivity contribution in [3.05, 3.63) is 28.4 Å². The minimum Gasteiger partial charge on any atom is -0.464 e. The van der Waals surface area contributed by atoms with Crippen LogP contribution < -0.4 is 5.32 Å². The lowest BCUT2D eigenvalue weighted by Gasteiger charge is -1.97. The number of esters is 1. The number of carbonyl (C=O) groups excluding carboxylic acids is 1. The average Bonchev–Trinajstić information content (AvgIpc) is 3.01. The van der Waals surface area contributed by atoms with Gasteiger partial charge in [-0.1, -0.05) is 6.92 Å². The molecule has 0 radical (unpaired) electrons. The molecule has 2 heterocycles. The van der Waals surface area contributed by atoms with Gasteiger partial charge in [0, 0.05) is 11.3 Å². The van der Waals surface area contributed by atoms with Crippen LogP contribution in [-0.4, -0.2) is 23.0 Å². The normalized spacial score (nSPS) is 10.5. The van der Waals surface area contributed by atoms with E-state index in [2.05, 4.69) is 20.0 Å². The predicted molar refractivity (Wildman–Crippen MR) is 71.4 cm³/mol. The number of rotatable bonds is 5. The molecule has 0 amide bonds. The van der Waals surface area contributed by atoms with E-state index in [4.69, 9.17) is 4.42 Å². The van der Waals surface area contributed by atoms with E-state index >= 15 is 0 Å². The third-order valence-corrected chi connectivity index (χ3v) is 3.44. The quantitative estimate of drug-likeness (QED) is 0.848. The first-order chi connectivity index (χ1) is 9.13. The molecule has 0 aliphatic rings. The second-order valence-corrected chi connectivity index (χ2v) is 5.05. The van der Waals surface area contributed by atoms with Crippen molar-refractivity contribution in [2.45, 2.75) is 26.8 Å². The van der Waals surface area contributed by atoms with Crippen LogP contribution in [0.3, 0.4) is 0 Å². The van der Waals surface area contributed by atoms with Crippen molar-refractivity contribution in [1.82, 2.24) is 9.97 Å². The molecule has 2 rings (SSSR count). The number of aryl methyl sites for hydroxylation is 2. The van der Waals surface area contributed by atoms with Crippen LogP contribution in [0, 0.1) is 6.92 Å². The summed E-state index contributed by atoms with van der Waals surface area (Å²) in [6, 6.07) is 0. The zero-order valence-electron chi connectivity index (χ0n) is 11.0. The second-order valence-electron chi connectivity index (χ2n) is 3.84. The zero-order valence-corrected chi connectivity index (χ0v) is 11.8. The van der Waals surface area contributed by atoms with E-state index in [0.717, 1.165) is 17.1 Å². The van der Waals surface area contributed by atoms with Crippen LogP contribution in [0.5, 0.6) is 0 Å². The van der Waals surface area contributed by atoms with Gasteiger partial charge < -0.3 is 14.5 Å². The molecule has 0 bridgehead atoms. The maximum absolute atomic E-state index is 11.4. The van der Waals surface area contributed by atoms with E-state index in [9.17, 15) is 4.79 Å². The number of nitrogens with zero attached hydrogens (tertiary/aromatic N) is 2. The highest BCUT2D eigenvalue weighted by Crippen LogP contribution is 2.23. The van der Waals surface area contributed by atoms with Gasteiger partial charge in [0.15, 0.2) is 10.8 Å². The number of methoxy groups -OCH3 is 1. The van der Waals surface area contributed by atoms with Gasteiger partial charge in [0.1, 0.15) is 5.76 Å². The average molecular weight is 281 g/mol. The van der Waals surface area contributed by atoms with E-state index in [1.54, 1.807) is 6.20 Å². The van der Waals surface area contributed by atoms with Gasteiger partial charge in [-0.15, -0.1) is 11.3 Å². The number of hydrogen-bond acceptors (Lipinski definition) is 7. The summed E-state index contributed by atoms with van der Waals surface area (Å²) in [5.41, 5.74) is 0.344. The first-order valence-electron chi connectivity index (χ1n) is 5.87. The second kappa shape index (κ2) is 5.83. The lowest BCUT2D eigenvalue weighted by molar-refractivity contribution is 0.0594. The van der Waals surface area contributed by atoms with Crippen molar-refractivity contribution in [3.8, 4) is 0 Å². The first kappa shape index (κ1) is 13.5. The van der Waals surface area contributed by atoms with Gasteiger partial charge in [-0.2, -0.15) is 0 Å². The summed E-state index contributed by atoms with van der Waals surface area (Å²) in [5.74, 6) is 1.03. The van der Waals surface area contributed by atoms with Gasteiger partial charge in [0.25, 0.3) is 0 Å². The number of oxazole rings is 1. The summed E-state index contributed by atoms with van der Waals surface area (Å²) >= 11 is 1.40. The summed E-state index contributed by atoms with van der Waals surface area (Å²) < 4.78 is 10.1. The zero-order chi connectivity index (χ0) is 13.8. The third-order valence-electron chi connectivity index (χ3n) is 2.52. The van der Waals surface area contributed by atoms with Gasteiger partial charge in [0.05, 0.1) is 19.9 Å². The number of nitrogens with one attached hydrogen (secondary N) is 1. The van der Waals surface area contributed by atoms with Crippen LogP contribution >= 0.6 is 11.3 Å². The van der Waals surface area contributed by atoms with Crippen molar-refractivity contribution >= 4 is 22.4 Å². The minimum atomic E-state index is -0.425. The molecule has 2 aromatic rings. The molecular weight excluding hydrogens is 266 g/mol. The predicted octanol–water partition coefficient (Wildman–Crippen LogP) is 2.40. The van der Waals surface area contributed by atoms with E-state index in [1.165, 1.54) is 18.4 Å². The molecule has 102 valence electrons. The number of hydrogen-bond donors (Lipinski definition) is 1. The van der Waals surface area contributed by atoms with Gasteiger partial charge >= 0.3 is 5.97 Å². The van der Waals surface area contributed by atoms with Crippen LogP contribution in [0.1, 0.15) is 33.9 Å². The molecular formula is C12H15N3O3S. The molecule has 7 heteroatoms.